The van der Waals surface area contributed by atoms with Crippen molar-refractivity contribution in [3.8, 4) is 23.1 Å². The molecule has 3 heterocycles. The Morgan fingerprint density at radius 1 is 1.05 bits per heavy atom. The minimum atomic E-state index is -0.862. The van der Waals surface area contributed by atoms with Crippen LogP contribution in [0.3, 0.4) is 0 Å². The second kappa shape index (κ2) is 12.9. The van der Waals surface area contributed by atoms with Gasteiger partial charge in [-0.05, 0) is 83.9 Å². The Morgan fingerprint density at radius 3 is 2.48 bits per heavy atom. The molecular weight excluding hydrogens is 556 g/mol. The highest BCUT2D eigenvalue weighted by atomic mass is 16.6. The van der Waals surface area contributed by atoms with E-state index in [4.69, 9.17) is 10.1 Å². The monoisotopic (exact) mass is 592 g/mol. The van der Waals surface area contributed by atoms with Gasteiger partial charge in [-0.2, -0.15) is 0 Å². The van der Waals surface area contributed by atoms with Crippen molar-refractivity contribution in [1.29, 1.82) is 5.41 Å². The summed E-state index contributed by atoms with van der Waals surface area (Å²) in [6.07, 6.45) is 0.763. The minimum Gasteiger partial charge on any atom is -0.444 e. The SMILES string of the molecule is CNc1c(C(C)=N)ncnc1-c1cc(C#Cc2ccc3nc(C)ccc3c2)nc(NC(=O)C(C)N(C)C(=O)OC(C)(C)C)c1. The standard InChI is InChI=1S/C33H36N8O3/c1-19-9-12-23-15-22(11-14-26(23)38-19)10-13-25-16-24(29-30(35-7)28(20(2)34)36-18-37-29)17-27(39-25)40-31(42)21(3)41(8)32(43)44-33(4,5)6/h9,11-12,14-18,21,34-35H,1-8H3,(H,39,40,42). The molecule has 0 bridgehead atoms. The van der Waals surface area contributed by atoms with Crippen LogP contribution in [0.4, 0.5) is 16.3 Å². The maximum Gasteiger partial charge on any atom is 0.410 e. The molecule has 0 aliphatic carbocycles. The Hall–Kier alpha value is -5.37. The topological polar surface area (TPSA) is 146 Å². The van der Waals surface area contributed by atoms with E-state index in [9.17, 15) is 9.59 Å². The van der Waals surface area contributed by atoms with E-state index in [0.717, 1.165) is 22.2 Å². The third kappa shape index (κ3) is 7.52. The summed E-state index contributed by atoms with van der Waals surface area (Å²) in [6, 6.07) is 12.3. The molecule has 3 N–H and O–H groups in total. The third-order valence-electron chi connectivity index (χ3n) is 6.61. The summed E-state index contributed by atoms with van der Waals surface area (Å²) in [4.78, 5) is 44.9. The average molecular weight is 593 g/mol. The van der Waals surface area contributed by atoms with Gasteiger partial charge in [-0.15, -0.1) is 0 Å². The summed E-state index contributed by atoms with van der Waals surface area (Å²) >= 11 is 0. The van der Waals surface area contributed by atoms with Gasteiger partial charge in [0.05, 0.1) is 22.6 Å². The lowest BCUT2D eigenvalue weighted by atomic mass is 10.1. The van der Waals surface area contributed by atoms with Crippen LogP contribution in [0.25, 0.3) is 22.2 Å². The number of rotatable bonds is 6. The number of ether oxygens (including phenoxy) is 1. The Labute approximate surface area is 257 Å². The van der Waals surface area contributed by atoms with Gasteiger partial charge in [0.2, 0.25) is 5.91 Å². The second-order valence-electron chi connectivity index (χ2n) is 11.3. The van der Waals surface area contributed by atoms with E-state index in [1.807, 2.05) is 37.3 Å². The molecule has 4 rings (SSSR count). The van der Waals surface area contributed by atoms with Crippen LogP contribution in [-0.4, -0.2) is 68.3 Å². The molecule has 0 aliphatic heterocycles. The van der Waals surface area contributed by atoms with Crippen LogP contribution in [0.2, 0.25) is 0 Å². The van der Waals surface area contributed by atoms with E-state index in [-0.39, 0.29) is 11.5 Å². The number of aromatic nitrogens is 4. The predicted octanol–water partition coefficient (Wildman–Crippen LogP) is 5.42. The predicted molar refractivity (Wildman–Crippen MR) is 172 cm³/mol. The molecular formula is C33H36N8O3. The second-order valence-corrected chi connectivity index (χ2v) is 11.3. The summed E-state index contributed by atoms with van der Waals surface area (Å²) in [5.74, 6) is 6.02. The molecule has 0 radical (unpaired) electrons. The summed E-state index contributed by atoms with van der Waals surface area (Å²) in [5, 5.41) is 15.0. The van der Waals surface area contributed by atoms with Gasteiger partial charge >= 0.3 is 6.09 Å². The van der Waals surface area contributed by atoms with Gasteiger partial charge in [-0.25, -0.2) is 19.7 Å². The van der Waals surface area contributed by atoms with Gasteiger partial charge in [0, 0.05) is 36.3 Å². The molecule has 1 aromatic carbocycles. The molecule has 2 amide bonds. The molecule has 44 heavy (non-hydrogen) atoms. The number of anilines is 2. The highest BCUT2D eigenvalue weighted by Gasteiger charge is 2.27. The maximum atomic E-state index is 13.3. The van der Waals surface area contributed by atoms with Crippen molar-refractivity contribution >= 4 is 40.1 Å². The number of pyridine rings is 2. The lowest BCUT2D eigenvalue weighted by molar-refractivity contribution is -0.120. The van der Waals surface area contributed by atoms with Crippen molar-refractivity contribution in [2.75, 3.05) is 24.7 Å². The lowest BCUT2D eigenvalue weighted by Gasteiger charge is -2.28. The number of aryl methyl sites for hydroxylation is 1. The maximum absolute atomic E-state index is 13.3. The van der Waals surface area contributed by atoms with Crippen LogP contribution in [-0.2, 0) is 9.53 Å². The van der Waals surface area contributed by atoms with Gasteiger partial charge in [0.15, 0.2) is 0 Å². The van der Waals surface area contributed by atoms with Crippen LogP contribution in [0, 0.1) is 24.2 Å². The van der Waals surface area contributed by atoms with E-state index in [2.05, 4.69) is 42.4 Å². The molecule has 1 atom stereocenters. The number of nitrogens with one attached hydrogen (secondary N) is 3. The van der Waals surface area contributed by atoms with Crippen molar-refractivity contribution in [2.45, 2.75) is 53.2 Å². The lowest BCUT2D eigenvalue weighted by Crippen LogP contribution is -2.45. The first-order valence-corrected chi connectivity index (χ1v) is 14.0. The largest absolute Gasteiger partial charge is 0.444 e. The number of nitrogens with zero attached hydrogens (tertiary/aromatic N) is 5. The molecule has 0 aliphatic rings. The Balaban J connectivity index is 1.74. The van der Waals surface area contributed by atoms with E-state index in [0.29, 0.717) is 28.3 Å². The van der Waals surface area contributed by atoms with E-state index >= 15 is 0 Å². The molecule has 3 aromatic heterocycles. The highest BCUT2D eigenvalue weighted by molar-refractivity contribution is 6.02. The first kappa shape index (κ1) is 31.6. The van der Waals surface area contributed by atoms with Crippen molar-refractivity contribution < 1.29 is 14.3 Å². The van der Waals surface area contributed by atoms with Crippen molar-refractivity contribution in [1.82, 2.24) is 24.8 Å². The van der Waals surface area contributed by atoms with Gasteiger partial charge in [0.25, 0.3) is 0 Å². The van der Waals surface area contributed by atoms with Crippen LogP contribution in [0.15, 0.2) is 48.8 Å². The van der Waals surface area contributed by atoms with Crippen molar-refractivity contribution in [3.63, 3.8) is 0 Å². The van der Waals surface area contributed by atoms with E-state index in [1.54, 1.807) is 53.8 Å². The van der Waals surface area contributed by atoms with Crippen LogP contribution in [0.5, 0.6) is 0 Å². The first-order valence-electron chi connectivity index (χ1n) is 14.0. The summed E-state index contributed by atoms with van der Waals surface area (Å²) in [6.45, 7) is 10.5. The molecule has 11 heteroatoms. The number of hydrogen-bond acceptors (Lipinski definition) is 9. The Morgan fingerprint density at radius 2 is 1.80 bits per heavy atom. The molecule has 0 saturated heterocycles. The van der Waals surface area contributed by atoms with Crippen LogP contribution in [0.1, 0.15) is 57.3 Å². The van der Waals surface area contributed by atoms with E-state index < -0.39 is 23.6 Å². The molecule has 4 aromatic rings. The van der Waals surface area contributed by atoms with Gasteiger partial charge < -0.3 is 20.8 Å². The summed E-state index contributed by atoms with van der Waals surface area (Å²) in [5.41, 5.74) is 4.63. The zero-order valence-electron chi connectivity index (χ0n) is 26.2. The number of amides is 2. The van der Waals surface area contributed by atoms with Crippen molar-refractivity contribution in [3.05, 3.63) is 71.4 Å². The Bertz CT molecular complexity index is 1820. The molecule has 11 nitrogen and oxygen atoms in total. The zero-order valence-corrected chi connectivity index (χ0v) is 26.2. The molecule has 0 spiro atoms. The quantitative estimate of drug-likeness (QED) is 0.199. The summed E-state index contributed by atoms with van der Waals surface area (Å²) < 4.78 is 5.41. The van der Waals surface area contributed by atoms with Gasteiger partial charge in [0.1, 0.15) is 35.2 Å². The smallest absolute Gasteiger partial charge is 0.410 e. The molecule has 0 saturated carbocycles. The number of carbonyl (C=O) groups excluding carboxylic acids is 2. The normalized spacial score (nSPS) is 11.6. The highest BCUT2D eigenvalue weighted by Crippen LogP contribution is 2.30. The fraction of sp³-hybridized carbons (Fsp3) is 0.303. The Kier molecular flexibility index (Phi) is 9.23. The van der Waals surface area contributed by atoms with Gasteiger partial charge in [-0.1, -0.05) is 12.0 Å². The minimum absolute atomic E-state index is 0.216. The fourth-order valence-corrected chi connectivity index (χ4v) is 4.26. The first-order chi connectivity index (χ1) is 20.8. The number of hydrogen-bond donors (Lipinski definition) is 3. The average Bonchev–Trinajstić information content (AvgIpc) is 2.97. The van der Waals surface area contributed by atoms with Crippen LogP contribution >= 0.6 is 0 Å². The number of fused-ring (bicyclic) bond motifs is 1. The number of benzene rings is 1. The third-order valence-corrected chi connectivity index (χ3v) is 6.61. The molecule has 0 fully saturated rings. The van der Waals surface area contributed by atoms with Crippen molar-refractivity contribution in [2.24, 2.45) is 0 Å². The zero-order chi connectivity index (χ0) is 32.2. The number of likely N-dealkylation sites (N-methyl/N-ethyl adjacent to an activating group) is 1. The fourth-order valence-electron chi connectivity index (χ4n) is 4.26. The van der Waals surface area contributed by atoms with Gasteiger partial charge in [-0.3, -0.25) is 14.7 Å². The van der Waals surface area contributed by atoms with Crippen LogP contribution < -0.4 is 10.6 Å². The molecule has 1 unspecified atom stereocenters. The number of carbonyl (C=O) groups is 2. The molecule has 226 valence electrons. The van der Waals surface area contributed by atoms with E-state index in [1.165, 1.54) is 18.3 Å². The summed E-state index contributed by atoms with van der Waals surface area (Å²) in [7, 11) is 3.23.